The van der Waals surface area contributed by atoms with Gasteiger partial charge in [0.2, 0.25) is 0 Å². The second kappa shape index (κ2) is 6.86. The van der Waals surface area contributed by atoms with Crippen LogP contribution in [0.2, 0.25) is 0 Å². The first-order chi connectivity index (χ1) is 11.9. The van der Waals surface area contributed by atoms with Gasteiger partial charge in [0.1, 0.15) is 0 Å². The van der Waals surface area contributed by atoms with Crippen molar-refractivity contribution in [3.05, 3.63) is 66.2 Å². The van der Waals surface area contributed by atoms with Crippen LogP contribution in [0, 0.1) is 0 Å². The van der Waals surface area contributed by atoms with Crippen LogP contribution in [0.25, 0.3) is 11.3 Å². The molecule has 1 aliphatic rings. The zero-order valence-corrected chi connectivity index (χ0v) is 13.3. The molecule has 0 radical (unpaired) electrons. The van der Waals surface area contributed by atoms with Crippen molar-refractivity contribution in [2.24, 2.45) is 0 Å². The number of morpholine rings is 1. The second-order valence-corrected chi connectivity index (χ2v) is 5.84. The summed E-state index contributed by atoms with van der Waals surface area (Å²) >= 11 is 0. The summed E-state index contributed by atoms with van der Waals surface area (Å²) in [6.07, 6.45) is 0.142. The fraction of sp³-hybridized carbons (Fsp3) is 0.211. The molecular weight excluding hydrogens is 300 g/mol. The fourth-order valence-electron chi connectivity index (χ4n) is 2.86. The number of hydrogen-bond acceptors (Lipinski definition) is 4. The van der Waals surface area contributed by atoms with Crippen molar-refractivity contribution in [3.63, 3.8) is 0 Å². The molecule has 5 nitrogen and oxygen atoms in total. The number of ether oxygens (including phenoxy) is 1. The van der Waals surface area contributed by atoms with Crippen molar-refractivity contribution in [2.75, 3.05) is 25.0 Å². The Hall–Kier alpha value is -2.63. The lowest BCUT2D eigenvalue weighted by molar-refractivity contribution is 0.0277. The Balaban J connectivity index is 1.45. The first-order valence-corrected chi connectivity index (χ1v) is 8.19. The van der Waals surface area contributed by atoms with E-state index in [2.05, 4.69) is 57.2 Å². The maximum absolute atomic E-state index is 5.77. The summed E-state index contributed by atoms with van der Waals surface area (Å²) < 4.78 is 5.77. The standard InChI is InChI=1S/C19H20N4O/c1-2-4-14(5-3-1)17-12-19(23-22-17)21-16-8-6-15(7-9-16)18-13-20-10-11-24-18/h1-9,12,18,20H,10-11,13H2,(H2,21,22,23). The Bertz CT molecular complexity index is 777. The predicted octanol–water partition coefficient (Wildman–Crippen LogP) is 3.48. The molecule has 1 aliphatic heterocycles. The third-order valence-corrected chi connectivity index (χ3v) is 4.15. The van der Waals surface area contributed by atoms with E-state index in [1.54, 1.807) is 0 Å². The van der Waals surface area contributed by atoms with E-state index in [1.165, 1.54) is 5.56 Å². The predicted molar refractivity (Wildman–Crippen MR) is 95.3 cm³/mol. The molecule has 1 saturated heterocycles. The Labute approximate surface area is 141 Å². The van der Waals surface area contributed by atoms with Gasteiger partial charge in [-0.3, -0.25) is 5.10 Å². The number of benzene rings is 2. The van der Waals surface area contributed by atoms with E-state index in [1.807, 2.05) is 24.3 Å². The first-order valence-electron chi connectivity index (χ1n) is 8.19. The van der Waals surface area contributed by atoms with Crippen LogP contribution in [0.3, 0.4) is 0 Å². The highest BCUT2D eigenvalue weighted by atomic mass is 16.5. The summed E-state index contributed by atoms with van der Waals surface area (Å²) in [5.41, 5.74) is 4.32. The number of hydrogen-bond donors (Lipinski definition) is 3. The molecule has 4 rings (SSSR count). The van der Waals surface area contributed by atoms with Gasteiger partial charge in [0.15, 0.2) is 5.82 Å². The van der Waals surface area contributed by atoms with Crippen LogP contribution in [0.1, 0.15) is 11.7 Å². The van der Waals surface area contributed by atoms with E-state index in [4.69, 9.17) is 4.74 Å². The van der Waals surface area contributed by atoms with Gasteiger partial charge in [0.05, 0.1) is 18.4 Å². The molecule has 3 aromatic rings. The minimum absolute atomic E-state index is 0.142. The lowest BCUT2D eigenvalue weighted by Gasteiger charge is -2.24. The summed E-state index contributed by atoms with van der Waals surface area (Å²) in [6, 6.07) is 20.5. The molecule has 24 heavy (non-hydrogen) atoms. The van der Waals surface area contributed by atoms with Crippen molar-refractivity contribution in [1.29, 1.82) is 0 Å². The van der Waals surface area contributed by atoms with Gasteiger partial charge in [-0.1, -0.05) is 42.5 Å². The number of rotatable bonds is 4. The molecule has 1 unspecified atom stereocenters. The molecule has 0 spiro atoms. The molecule has 0 bridgehead atoms. The van der Waals surface area contributed by atoms with Gasteiger partial charge in [-0.2, -0.15) is 5.10 Å². The van der Waals surface area contributed by atoms with E-state index in [0.29, 0.717) is 0 Å². The third kappa shape index (κ3) is 3.32. The molecule has 1 atom stereocenters. The summed E-state index contributed by atoms with van der Waals surface area (Å²) in [7, 11) is 0. The van der Waals surface area contributed by atoms with Gasteiger partial charge in [0.25, 0.3) is 0 Å². The first kappa shape index (κ1) is 14.9. The van der Waals surface area contributed by atoms with Crippen LogP contribution in [0.4, 0.5) is 11.5 Å². The van der Waals surface area contributed by atoms with Crippen LogP contribution in [-0.4, -0.2) is 29.9 Å². The van der Waals surface area contributed by atoms with Gasteiger partial charge < -0.3 is 15.4 Å². The lowest BCUT2D eigenvalue weighted by Crippen LogP contribution is -2.33. The van der Waals surface area contributed by atoms with Crippen LogP contribution >= 0.6 is 0 Å². The molecule has 2 aromatic carbocycles. The summed E-state index contributed by atoms with van der Waals surface area (Å²) in [6.45, 7) is 2.56. The fourth-order valence-corrected chi connectivity index (χ4v) is 2.86. The van der Waals surface area contributed by atoms with Crippen molar-refractivity contribution in [2.45, 2.75) is 6.10 Å². The van der Waals surface area contributed by atoms with Crippen molar-refractivity contribution in [1.82, 2.24) is 15.5 Å². The summed E-state index contributed by atoms with van der Waals surface area (Å²) in [4.78, 5) is 0. The van der Waals surface area contributed by atoms with Gasteiger partial charge in [0, 0.05) is 24.8 Å². The van der Waals surface area contributed by atoms with Crippen LogP contribution in [-0.2, 0) is 4.74 Å². The average Bonchev–Trinajstić information content (AvgIpc) is 3.12. The van der Waals surface area contributed by atoms with E-state index in [-0.39, 0.29) is 6.10 Å². The average molecular weight is 320 g/mol. The Morgan fingerprint density at radius 1 is 1.04 bits per heavy atom. The van der Waals surface area contributed by atoms with E-state index in [9.17, 15) is 0 Å². The van der Waals surface area contributed by atoms with Gasteiger partial charge >= 0.3 is 0 Å². The lowest BCUT2D eigenvalue weighted by atomic mass is 10.1. The van der Waals surface area contributed by atoms with Gasteiger partial charge in [-0.25, -0.2) is 0 Å². The van der Waals surface area contributed by atoms with Crippen LogP contribution in [0.5, 0.6) is 0 Å². The molecule has 0 amide bonds. The molecular formula is C19H20N4O. The largest absolute Gasteiger partial charge is 0.371 e. The highest BCUT2D eigenvalue weighted by Gasteiger charge is 2.15. The van der Waals surface area contributed by atoms with Gasteiger partial charge in [-0.15, -0.1) is 0 Å². The maximum atomic E-state index is 5.77. The Morgan fingerprint density at radius 2 is 1.88 bits per heavy atom. The minimum atomic E-state index is 0.142. The quantitative estimate of drug-likeness (QED) is 0.689. The molecule has 0 aliphatic carbocycles. The molecule has 5 heteroatoms. The second-order valence-electron chi connectivity index (χ2n) is 5.84. The van der Waals surface area contributed by atoms with Gasteiger partial charge in [-0.05, 0) is 23.3 Å². The molecule has 2 heterocycles. The third-order valence-electron chi connectivity index (χ3n) is 4.15. The Morgan fingerprint density at radius 3 is 2.62 bits per heavy atom. The zero-order chi connectivity index (χ0) is 16.2. The number of aromatic amines is 1. The number of anilines is 2. The van der Waals surface area contributed by atoms with E-state index >= 15 is 0 Å². The van der Waals surface area contributed by atoms with E-state index < -0.39 is 0 Å². The highest BCUT2D eigenvalue weighted by Crippen LogP contribution is 2.24. The molecule has 1 aromatic heterocycles. The number of aromatic nitrogens is 2. The van der Waals surface area contributed by atoms with Crippen molar-refractivity contribution < 1.29 is 4.74 Å². The van der Waals surface area contributed by atoms with Crippen molar-refractivity contribution >= 4 is 11.5 Å². The topological polar surface area (TPSA) is 62.0 Å². The summed E-state index contributed by atoms with van der Waals surface area (Å²) in [5.74, 6) is 0.803. The molecule has 3 N–H and O–H groups in total. The van der Waals surface area contributed by atoms with Crippen LogP contribution < -0.4 is 10.6 Å². The van der Waals surface area contributed by atoms with Crippen molar-refractivity contribution in [3.8, 4) is 11.3 Å². The van der Waals surface area contributed by atoms with E-state index in [0.717, 1.165) is 42.5 Å². The molecule has 1 fully saturated rings. The maximum Gasteiger partial charge on any atom is 0.152 e. The highest BCUT2D eigenvalue weighted by molar-refractivity contribution is 5.65. The smallest absolute Gasteiger partial charge is 0.152 e. The molecule has 122 valence electrons. The SMILES string of the molecule is c1ccc(-c2cc(Nc3ccc(C4CNCCO4)cc3)n[nH]2)cc1. The number of nitrogens with zero attached hydrogens (tertiary/aromatic N) is 1. The minimum Gasteiger partial charge on any atom is -0.371 e. The van der Waals surface area contributed by atoms with Crippen LogP contribution in [0.15, 0.2) is 60.7 Å². The Kier molecular flexibility index (Phi) is 4.27. The normalized spacial score (nSPS) is 17.6. The number of nitrogens with one attached hydrogen (secondary N) is 3. The monoisotopic (exact) mass is 320 g/mol. The number of H-pyrrole nitrogens is 1. The summed E-state index contributed by atoms with van der Waals surface area (Å²) in [5, 5.41) is 14.1. The molecule has 0 saturated carbocycles. The zero-order valence-electron chi connectivity index (χ0n) is 13.3.